The second kappa shape index (κ2) is 11.4. The number of nitrogens with zero attached hydrogens (tertiary/aromatic N) is 2. The molecule has 0 radical (unpaired) electrons. The topological polar surface area (TPSA) is 71.9 Å². The third-order valence-corrected chi connectivity index (χ3v) is 9.21. The van der Waals surface area contributed by atoms with Crippen molar-refractivity contribution in [2.75, 3.05) is 20.2 Å². The van der Waals surface area contributed by atoms with Crippen LogP contribution in [-0.4, -0.2) is 41.2 Å². The molecule has 216 valence electrons. The summed E-state index contributed by atoms with van der Waals surface area (Å²) in [7, 11) is 1.54. The van der Waals surface area contributed by atoms with E-state index in [4.69, 9.17) is 9.47 Å². The van der Waals surface area contributed by atoms with Crippen LogP contribution in [0.15, 0.2) is 48.7 Å². The number of pyridine rings is 1. The molecule has 1 N–H and O–H groups in total. The van der Waals surface area contributed by atoms with E-state index in [-0.39, 0.29) is 17.8 Å². The van der Waals surface area contributed by atoms with E-state index in [1.54, 1.807) is 13.2 Å². The van der Waals surface area contributed by atoms with E-state index in [1.165, 1.54) is 12.6 Å². The second-order valence-corrected chi connectivity index (χ2v) is 12.3. The van der Waals surface area contributed by atoms with E-state index < -0.39 is 11.9 Å². The van der Waals surface area contributed by atoms with Gasteiger partial charge in [-0.1, -0.05) is 44.2 Å². The van der Waals surface area contributed by atoms with Crippen molar-refractivity contribution in [3.8, 4) is 22.8 Å². The molecule has 1 aromatic heterocycles. The van der Waals surface area contributed by atoms with Gasteiger partial charge in [-0.25, -0.2) is 9.37 Å². The van der Waals surface area contributed by atoms with Crippen LogP contribution in [0.5, 0.6) is 11.6 Å². The Kier molecular flexibility index (Phi) is 7.73. The number of benzene rings is 2. The van der Waals surface area contributed by atoms with Crippen molar-refractivity contribution in [1.82, 2.24) is 9.88 Å². The van der Waals surface area contributed by atoms with Gasteiger partial charge in [0, 0.05) is 24.7 Å². The number of aryl methyl sites for hydroxylation is 1. The summed E-state index contributed by atoms with van der Waals surface area (Å²) >= 11 is 0. The molecule has 7 heteroatoms. The van der Waals surface area contributed by atoms with Crippen LogP contribution in [0, 0.1) is 23.6 Å². The summed E-state index contributed by atoms with van der Waals surface area (Å²) in [6.07, 6.45) is 6.16. The fraction of sp³-hybridized carbons (Fsp3) is 0.471. The number of carboxylic acids is 1. The summed E-state index contributed by atoms with van der Waals surface area (Å²) in [6, 6.07) is 14.2. The fourth-order valence-corrected chi connectivity index (χ4v) is 6.76. The number of ether oxygens (including phenoxy) is 2. The number of methoxy groups -OCH3 is 1. The van der Waals surface area contributed by atoms with E-state index in [2.05, 4.69) is 47.1 Å². The fourth-order valence-electron chi connectivity index (χ4n) is 6.76. The summed E-state index contributed by atoms with van der Waals surface area (Å²) < 4.78 is 27.0. The lowest BCUT2D eigenvalue weighted by atomic mass is 9.82. The summed E-state index contributed by atoms with van der Waals surface area (Å²) in [4.78, 5) is 18.3. The van der Waals surface area contributed by atoms with Crippen LogP contribution in [-0.2, 0) is 17.8 Å². The Morgan fingerprint density at radius 3 is 2.68 bits per heavy atom. The molecular formula is C34H39FN2O4. The van der Waals surface area contributed by atoms with Gasteiger partial charge in [0.15, 0.2) is 0 Å². The molecule has 1 aliphatic carbocycles. The molecule has 41 heavy (non-hydrogen) atoms. The smallest absolute Gasteiger partial charge is 0.306 e. The Morgan fingerprint density at radius 1 is 1.15 bits per heavy atom. The van der Waals surface area contributed by atoms with Gasteiger partial charge < -0.3 is 14.6 Å². The van der Waals surface area contributed by atoms with Crippen LogP contribution >= 0.6 is 0 Å². The molecule has 1 saturated heterocycles. The largest absolute Gasteiger partial charge is 0.485 e. The number of carboxylic acid groups (broad SMARTS) is 1. The molecule has 2 aromatic carbocycles. The first-order valence-corrected chi connectivity index (χ1v) is 14.9. The Balaban J connectivity index is 1.31. The SMILES string of the molecule is COc1cc(-c2ccc(C3CCc4ccc([C@H](C5CC5)[C@H](C)C(=O)O)cc4O3)cc2CN2CC[C@@H](C)C2)c(F)cn1. The lowest BCUT2D eigenvalue weighted by molar-refractivity contribution is -0.142. The number of hydrogen-bond donors (Lipinski definition) is 1. The van der Waals surface area contributed by atoms with Gasteiger partial charge in [-0.05, 0) is 90.3 Å². The highest BCUT2D eigenvalue weighted by atomic mass is 19.1. The third-order valence-electron chi connectivity index (χ3n) is 9.21. The van der Waals surface area contributed by atoms with Crippen molar-refractivity contribution in [1.29, 1.82) is 0 Å². The van der Waals surface area contributed by atoms with Crippen molar-refractivity contribution in [3.05, 3.63) is 76.7 Å². The molecule has 3 aromatic rings. The maximum atomic E-state index is 15.0. The number of halogens is 1. The first-order chi connectivity index (χ1) is 19.8. The first kappa shape index (κ1) is 27.7. The van der Waals surface area contributed by atoms with Crippen molar-refractivity contribution in [2.24, 2.45) is 17.8 Å². The summed E-state index contributed by atoms with van der Waals surface area (Å²) in [5.41, 5.74) is 5.70. The molecule has 1 unspecified atom stereocenters. The lowest BCUT2D eigenvalue weighted by Crippen LogP contribution is -2.22. The number of rotatable bonds is 9. The highest BCUT2D eigenvalue weighted by Crippen LogP contribution is 2.48. The number of fused-ring (bicyclic) bond motifs is 1. The first-order valence-electron chi connectivity index (χ1n) is 14.9. The van der Waals surface area contributed by atoms with Gasteiger partial charge in [-0.15, -0.1) is 0 Å². The zero-order valence-electron chi connectivity index (χ0n) is 24.1. The van der Waals surface area contributed by atoms with Gasteiger partial charge >= 0.3 is 5.97 Å². The predicted octanol–water partition coefficient (Wildman–Crippen LogP) is 7.02. The number of aromatic nitrogens is 1. The average Bonchev–Trinajstić information content (AvgIpc) is 3.73. The summed E-state index contributed by atoms with van der Waals surface area (Å²) in [5.74, 6) is 0.761. The number of carbonyl (C=O) groups is 1. The van der Waals surface area contributed by atoms with Crippen LogP contribution < -0.4 is 9.47 Å². The van der Waals surface area contributed by atoms with Gasteiger partial charge in [0.1, 0.15) is 17.7 Å². The molecule has 6 nitrogen and oxygen atoms in total. The second-order valence-electron chi connectivity index (χ2n) is 12.3. The molecule has 2 aliphatic heterocycles. The molecule has 3 heterocycles. The monoisotopic (exact) mass is 558 g/mol. The van der Waals surface area contributed by atoms with Gasteiger partial charge in [0.2, 0.25) is 5.88 Å². The molecule has 0 bridgehead atoms. The lowest BCUT2D eigenvalue weighted by Gasteiger charge is -2.29. The molecule has 2 fully saturated rings. The third kappa shape index (κ3) is 5.82. The normalized spacial score (nSPS) is 22.0. The number of hydrogen-bond acceptors (Lipinski definition) is 5. The molecule has 0 spiro atoms. The Bertz CT molecular complexity index is 1440. The molecule has 6 rings (SSSR count). The maximum absolute atomic E-state index is 15.0. The Labute approximate surface area is 241 Å². The van der Waals surface area contributed by atoms with E-state index in [0.29, 0.717) is 23.3 Å². The van der Waals surface area contributed by atoms with E-state index >= 15 is 4.39 Å². The van der Waals surface area contributed by atoms with Crippen molar-refractivity contribution >= 4 is 5.97 Å². The van der Waals surface area contributed by atoms with Crippen molar-refractivity contribution in [2.45, 2.75) is 64.5 Å². The van der Waals surface area contributed by atoms with Gasteiger partial charge in [0.25, 0.3) is 0 Å². The minimum atomic E-state index is -0.748. The predicted molar refractivity (Wildman–Crippen MR) is 156 cm³/mol. The average molecular weight is 559 g/mol. The van der Waals surface area contributed by atoms with Gasteiger partial charge in [-0.2, -0.15) is 0 Å². The van der Waals surface area contributed by atoms with E-state index in [1.807, 2.05) is 13.0 Å². The van der Waals surface area contributed by atoms with Gasteiger partial charge in [-0.3, -0.25) is 9.69 Å². The molecule has 1 saturated carbocycles. The highest BCUT2D eigenvalue weighted by Gasteiger charge is 2.39. The Hall–Kier alpha value is -3.45. The number of aliphatic carboxylic acids is 1. The van der Waals surface area contributed by atoms with Crippen LogP contribution in [0.25, 0.3) is 11.1 Å². The maximum Gasteiger partial charge on any atom is 0.306 e. The highest BCUT2D eigenvalue weighted by molar-refractivity contribution is 5.71. The van der Waals surface area contributed by atoms with Crippen LogP contribution in [0.2, 0.25) is 0 Å². The van der Waals surface area contributed by atoms with Crippen molar-refractivity contribution in [3.63, 3.8) is 0 Å². The van der Waals surface area contributed by atoms with Crippen LogP contribution in [0.4, 0.5) is 4.39 Å². The molecule has 3 aliphatic rings. The summed E-state index contributed by atoms with van der Waals surface area (Å²) in [6.45, 7) is 6.89. The van der Waals surface area contributed by atoms with E-state index in [0.717, 1.165) is 78.9 Å². The molecule has 0 amide bonds. The molecule has 4 atom stereocenters. The Morgan fingerprint density at radius 2 is 1.98 bits per heavy atom. The minimum absolute atomic E-state index is 0.00256. The summed E-state index contributed by atoms with van der Waals surface area (Å²) in [5, 5.41) is 9.74. The van der Waals surface area contributed by atoms with Crippen LogP contribution in [0.3, 0.4) is 0 Å². The standard InChI is InChI=1S/C34H39FN2O4/c1-20-12-13-37(18-20)19-26-14-24(8-10-27(26)28-16-32(40-3)36-17-29(28)35)30-11-9-22-4-7-25(15-31(22)41-30)33(23-5-6-23)21(2)34(38)39/h4,7-8,10,14-17,20-21,23,30,33H,5-6,9,11-13,18-19H2,1-3H3,(H,38,39)/t20-,21+,30?,33+/m1/s1. The van der Waals surface area contributed by atoms with Crippen LogP contribution in [0.1, 0.15) is 73.8 Å². The zero-order valence-corrected chi connectivity index (χ0v) is 24.1. The quantitative estimate of drug-likeness (QED) is 0.304. The number of likely N-dealkylation sites (tertiary alicyclic amines) is 1. The minimum Gasteiger partial charge on any atom is -0.485 e. The van der Waals surface area contributed by atoms with Gasteiger partial charge in [0.05, 0.1) is 19.2 Å². The zero-order chi connectivity index (χ0) is 28.7. The van der Waals surface area contributed by atoms with E-state index in [9.17, 15) is 9.90 Å². The molecular weight excluding hydrogens is 519 g/mol. The van der Waals surface area contributed by atoms with Crippen molar-refractivity contribution < 1.29 is 23.8 Å².